The Bertz CT molecular complexity index is 818. The van der Waals surface area contributed by atoms with E-state index in [-0.39, 0.29) is 6.04 Å². The van der Waals surface area contributed by atoms with E-state index in [1.165, 1.54) is 25.9 Å². The molecule has 7 nitrogen and oxygen atoms in total. The Morgan fingerprint density at radius 2 is 2.08 bits per heavy atom. The van der Waals surface area contributed by atoms with Crippen LogP contribution >= 0.6 is 0 Å². The minimum Gasteiger partial charge on any atom is -0.366 e. The number of anilines is 2. The molecule has 0 amide bonds. The van der Waals surface area contributed by atoms with E-state index < -0.39 is 0 Å². The van der Waals surface area contributed by atoms with Crippen LogP contribution in [0.1, 0.15) is 32.4 Å². The molecule has 3 aliphatic heterocycles. The summed E-state index contributed by atoms with van der Waals surface area (Å²) in [6.07, 6.45) is 4.27. The minimum atomic E-state index is 0.206. The number of nitrogens with zero attached hydrogens (tertiary/aromatic N) is 5. The Kier molecular flexibility index (Phi) is 4.14. The third-order valence-corrected chi connectivity index (χ3v) is 5.08. The first kappa shape index (κ1) is 16.0. The summed E-state index contributed by atoms with van der Waals surface area (Å²) in [6.45, 7) is 7.57. The lowest BCUT2D eigenvalue weighted by Crippen LogP contribution is -2.53. The third-order valence-electron chi connectivity index (χ3n) is 5.08. The predicted octanol–water partition coefficient (Wildman–Crippen LogP) is 2.22. The van der Waals surface area contributed by atoms with Gasteiger partial charge >= 0.3 is 0 Å². The van der Waals surface area contributed by atoms with E-state index in [0.717, 1.165) is 17.4 Å². The summed E-state index contributed by atoms with van der Waals surface area (Å²) in [5.74, 6) is 1.99. The van der Waals surface area contributed by atoms with Crippen LogP contribution < -0.4 is 10.6 Å². The number of aromatic nitrogens is 3. The van der Waals surface area contributed by atoms with Gasteiger partial charge in [-0.1, -0.05) is 0 Å². The molecule has 1 unspecified atom stereocenters. The number of pyridine rings is 1. The van der Waals surface area contributed by atoms with Crippen molar-refractivity contribution in [1.82, 2.24) is 19.9 Å². The highest BCUT2D eigenvalue weighted by molar-refractivity contribution is 5.89. The Labute approximate surface area is 147 Å². The Morgan fingerprint density at radius 1 is 1.28 bits per heavy atom. The summed E-state index contributed by atoms with van der Waals surface area (Å²) in [7, 11) is 0. The standard InChI is InChI=1S/C18H23N7/c1-11(2)21-17-16-13(7-14(8-19)22-17)9-20-18(24-16)23-15-10-25-5-3-12(15)4-6-25/h7,9,11-12,15H,3-6,10H2,1-2H3,(H,21,22)(H,20,23,24). The summed E-state index contributed by atoms with van der Waals surface area (Å²) in [6, 6.07) is 4.45. The fraction of sp³-hybridized carbons (Fsp3) is 0.556. The van der Waals surface area contributed by atoms with Crippen molar-refractivity contribution in [3.8, 4) is 6.07 Å². The maximum atomic E-state index is 9.19. The zero-order valence-electron chi connectivity index (χ0n) is 14.7. The van der Waals surface area contributed by atoms with Gasteiger partial charge in [0.25, 0.3) is 0 Å². The van der Waals surface area contributed by atoms with E-state index in [9.17, 15) is 5.26 Å². The van der Waals surface area contributed by atoms with Gasteiger partial charge in [0, 0.05) is 30.2 Å². The number of fused-ring (bicyclic) bond motifs is 4. The number of nitriles is 1. The maximum absolute atomic E-state index is 9.19. The molecule has 0 radical (unpaired) electrons. The van der Waals surface area contributed by atoms with Gasteiger partial charge in [-0.2, -0.15) is 5.26 Å². The lowest BCUT2D eigenvalue weighted by atomic mass is 9.84. The van der Waals surface area contributed by atoms with Crippen LogP contribution in [0.2, 0.25) is 0 Å². The number of piperidine rings is 3. The Hall–Kier alpha value is -2.46. The van der Waals surface area contributed by atoms with Crippen LogP contribution in [0.5, 0.6) is 0 Å². The fourth-order valence-corrected chi connectivity index (χ4v) is 3.83. The van der Waals surface area contributed by atoms with E-state index >= 15 is 0 Å². The molecule has 2 N–H and O–H groups in total. The van der Waals surface area contributed by atoms with Gasteiger partial charge in [-0.25, -0.2) is 15.0 Å². The second kappa shape index (κ2) is 6.45. The van der Waals surface area contributed by atoms with Gasteiger partial charge in [0.05, 0.1) is 0 Å². The first-order valence-corrected chi connectivity index (χ1v) is 8.95. The predicted molar refractivity (Wildman–Crippen MR) is 97.4 cm³/mol. The first-order chi connectivity index (χ1) is 12.1. The highest BCUT2D eigenvalue weighted by Crippen LogP contribution is 2.29. The van der Waals surface area contributed by atoms with E-state index in [1.807, 2.05) is 13.8 Å². The van der Waals surface area contributed by atoms with E-state index in [0.29, 0.717) is 29.4 Å². The molecule has 7 heteroatoms. The van der Waals surface area contributed by atoms with Crippen LogP contribution in [-0.4, -0.2) is 51.6 Å². The van der Waals surface area contributed by atoms with Gasteiger partial charge in [-0.05, 0) is 51.8 Å². The third kappa shape index (κ3) is 3.22. The van der Waals surface area contributed by atoms with Gasteiger partial charge in [0.1, 0.15) is 17.3 Å². The molecule has 2 aromatic rings. The van der Waals surface area contributed by atoms with Crippen molar-refractivity contribution >= 4 is 22.7 Å². The smallest absolute Gasteiger partial charge is 0.223 e. The summed E-state index contributed by atoms with van der Waals surface area (Å²) < 4.78 is 0. The molecule has 2 bridgehead atoms. The van der Waals surface area contributed by atoms with Crippen molar-refractivity contribution < 1.29 is 0 Å². The highest BCUT2D eigenvalue weighted by Gasteiger charge is 2.34. The zero-order chi connectivity index (χ0) is 17.4. The van der Waals surface area contributed by atoms with Crippen LogP contribution in [0.4, 0.5) is 11.8 Å². The molecule has 5 rings (SSSR count). The summed E-state index contributed by atoms with van der Waals surface area (Å²) in [4.78, 5) is 16.1. The van der Waals surface area contributed by atoms with Gasteiger partial charge in [-0.3, -0.25) is 0 Å². The molecular formula is C18H23N7. The lowest BCUT2D eigenvalue weighted by molar-refractivity contribution is 0.0972. The average molecular weight is 337 g/mol. The molecule has 3 fully saturated rings. The molecule has 2 aromatic heterocycles. The van der Waals surface area contributed by atoms with Gasteiger partial charge in [0.15, 0.2) is 5.82 Å². The number of nitrogens with one attached hydrogen (secondary N) is 2. The van der Waals surface area contributed by atoms with Crippen LogP contribution in [-0.2, 0) is 0 Å². The van der Waals surface area contributed by atoms with Crippen LogP contribution in [0, 0.1) is 17.2 Å². The molecule has 0 aromatic carbocycles. The lowest BCUT2D eigenvalue weighted by Gasteiger charge is -2.44. The number of hydrogen-bond donors (Lipinski definition) is 2. The fourth-order valence-electron chi connectivity index (χ4n) is 3.83. The van der Waals surface area contributed by atoms with Gasteiger partial charge < -0.3 is 15.5 Å². The molecule has 3 aliphatic rings. The van der Waals surface area contributed by atoms with Crippen LogP contribution in [0.3, 0.4) is 0 Å². The van der Waals surface area contributed by atoms with Crippen LogP contribution in [0.25, 0.3) is 10.9 Å². The molecular weight excluding hydrogens is 314 g/mol. The Morgan fingerprint density at radius 3 is 2.72 bits per heavy atom. The van der Waals surface area contributed by atoms with Crippen molar-refractivity contribution in [3.05, 3.63) is 18.0 Å². The molecule has 25 heavy (non-hydrogen) atoms. The molecule has 0 saturated carbocycles. The SMILES string of the molecule is CC(C)Nc1nc(C#N)cc2cnc(NC3CN4CCC3CC4)nc12. The van der Waals surface area contributed by atoms with Gasteiger partial charge in [-0.15, -0.1) is 0 Å². The molecule has 0 aliphatic carbocycles. The van der Waals surface area contributed by atoms with Crippen molar-refractivity contribution in [2.24, 2.45) is 5.92 Å². The normalized spacial score (nSPS) is 25.1. The Balaban J connectivity index is 1.65. The molecule has 3 saturated heterocycles. The zero-order valence-corrected chi connectivity index (χ0v) is 14.7. The average Bonchev–Trinajstić information content (AvgIpc) is 2.62. The van der Waals surface area contributed by atoms with Crippen LogP contribution in [0.15, 0.2) is 12.3 Å². The molecule has 130 valence electrons. The molecule has 5 heterocycles. The second-order valence-corrected chi connectivity index (χ2v) is 7.29. The first-order valence-electron chi connectivity index (χ1n) is 8.95. The van der Waals surface area contributed by atoms with Crippen molar-refractivity contribution in [2.75, 3.05) is 30.3 Å². The van der Waals surface area contributed by atoms with E-state index in [1.54, 1.807) is 12.3 Å². The minimum absolute atomic E-state index is 0.206. The maximum Gasteiger partial charge on any atom is 0.223 e. The van der Waals surface area contributed by atoms with Gasteiger partial charge in [0.2, 0.25) is 5.95 Å². The highest BCUT2D eigenvalue weighted by atomic mass is 15.2. The largest absolute Gasteiger partial charge is 0.366 e. The quantitative estimate of drug-likeness (QED) is 0.884. The second-order valence-electron chi connectivity index (χ2n) is 7.29. The topological polar surface area (TPSA) is 89.8 Å². The van der Waals surface area contributed by atoms with Crippen molar-refractivity contribution in [3.63, 3.8) is 0 Å². The van der Waals surface area contributed by atoms with E-state index in [4.69, 9.17) is 4.98 Å². The summed E-state index contributed by atoms with van der Waals surface area (Å²) in [5.41, 5.74) is 1.13. The summed E-state index contributed by atoms with van der Waals surface area (Å²) in [5, 5.41) is 16.8. The monoisotopic (exact) mass is 337 g/mol. The summed E-state index contributed by atoms with van der Waals surface area (Å²) >= 11 is 0. The molecule has 0 spiro atoms. The molecule has 1 atom stereocenters. The van der Waals surface area contributed by atoms with Crippen molar-refractivity contribution in [2.45, 2.75) is 38.8 Å². The number of hydrogen-bond acceptors (Lipinski definition) is 7. The number of rotatable bonds is 4. The van der Waals surface area contributed by atoms with E-state index in [2.05, 4.69) is 31.6 Å². The van der Waals surface area contributed by atoms with Crippen molar-refractivity contribution in [1.29, 1.82) is 5.26 Å².